The van der Waals surface area contributed by atoms with E-state index in [1.807, 2.05) is 28.8 Å². The molecule has 2 aromatic rings. The highest BCUT2D eigenvalue weighted by atomic mass is 16.1. The van der Waals surface area contributed by atoms with Crippen LogP contribution in [-0.4, -0.2) is 9.55 Å². The van der Waals surface area contributed by atoms with Crippen LogP contribution in [0.1, 0.15) is 12.8 Å². The molecule has 0 spiro atoms. The Morgan fingerprint density at radius 2 is 2.13 bits per heavy atom. The van der Waals surface area contributed by atoms with Crippen LogP contribution in [0.25, 0.3) is 11.0 Å². The molecule has 0 bridgehead atoms. The first-order valence-electron chi connectivity index (χ1n) is 5.29. The van der Waals surface area contributed by atoms with Crippen LogP contribution in [0.4, 0.5) is 0 Å². The molecule has 3 rings (SSSR count). The predicted octanol–water partition coefficient (Wildman–Crippen LogP) is 1.81. The first-order valence-corrected chi connectivity index (χ1v) is 5.29. The van der Waals surface area contributed by atoms with Gasteiger partial charge in [0, 0.05) is 6.54 Å². The fourth-order valence-electron chi connectivity index (χ4n) is 1.86. The highest BCUT2D eigenvalue weighted by molar-refractivity contribution is 5.74. The number of hydrogen-bond acceptors (Lipinski definition) is 2. The SMILES string of the molecule is O=c1cnc2ccccc2n1CC1CC1. The second-order valence-electron chi connectivity index (χ2n) is 4.14. The largest absolute Gasteiger partial charge is 0.305 e. The van der Waals surface area contributed by atoms with Crippen molar-refractivity contribution in [3.63, 3.8) is 0 Å². The van der Waals surface area contributed by atoms with Gasteiger partial charge in [0.15, 0.2) is 0 Å². The molecule has 0 aliphatic heterocycles. The maximum absolute atomic E-state index is 11.7. The maximum Gasteiger partial charge on any atom is 0.269 e. The number of nitrogens with zero attached hydrogens (tertiary/aromatic N) is 2. The predicted molar refractivity (Wildman–Crippen MR) is 58.7 cm³/mol. The van der Waals surface area contributed by atoms with E-state index in [1.165, 1.54) is 19.0 Å². The third-order valence-electron chi connectivity index (χ3n) is 2.89. The summed E-state index contributed by atoms with van der Waals surface area (Å²) in [5, 5.41) is 0. The van der Waals surface area contributed by atoms with Crippen LogP contribution < -0.4 is 5.56 Å². The molecule has 0 N–H and O–H groups in total. The first kappa shape index (κ1) is 8.65. The van der Waals surface area contributed by atoms with Crippen LogP contribution in [0.15, 0.2) is 35.3 Å². The van der Waals surface area contributed by atoms with Gasteiger partial charge in [-0.3, -0.25) is 4.79 Å². The second kappa shape index (κ2) is 3.19. The van der Waals surface area contributed by atoms with Crippen molar-refractivity contribution in [2.45, 2.75) is 19.4 Å². The molecular weight excluding hydrogens is 188 g/mol. The Hall–Kier alpha value is -1.64. The van der Waals surface area contributed by atoms with E-state index in [4.69, 9.17) is 0 Å². The van der Waals surface area contributed by atoms with Crippen LogP contribution in [0.5, 0.6) is 0 Å². The van der Waals surface area contributed by atoms with E-state index in [2.05, 4.69) is 4.98 Å². The molecule has 0 atom stereocenters. The molecule has 76 valence electrons. The zero-order valence-electron chi connectivity index (χ0n) is 8.39. The molecule has 0 saturated heterocycles. The van der Waals surface area contributed by atoms with Gasteiger partial charge in [-0.2, -0.15) is 0 Å². The summed E-state index contributed by atoms with van der Waals surface area (Å²) in [5.41, 5.74) is 1.87. The number of fused-ring (bicyclic) bond motifs is 1. The van der Waals surface area contributed by atoms with Gasteiger partial charge in [0.1, 0.15) is 0 Å². The summed E-state index contributed by atoms with van der Waals surface area (Å²) in [5.74, 6) is 0.702. The summed E-state index contributed by atoms with van der Waals surface area (Å²) in [4.78, 5) is 15.8. The first-order chi connectivity index (χ1) is 7.34. The van der Waals surface area contributed by atoms with Crippen molar-refractivity contribution in [3.8, 4) is 0 Å². The van der Waals surface area contributed by atoms with Gasteiger partial charge >= 0.3 is 0 Å². The lowest BCUT2D eigenvalue weighted by molar-refractivity contribution is 0.624. The minimum atomic E-state index is 0.0144. The van der Waals surface area contributed by atoms with Crippen LogP contribution in [0.3, 0.4) is 0 Å². The fourth-order valence-corrected chi connectivity index (χ4v) is 1.86. The van der Waals surface area contributed by atoms with Crippen molar-refractivity contribution in [1.29, 1.82) is 0 Å². The van der Waals surface area contributed by atoms with Gasteiger partial charge in [-0.1, -0.05) is 12.1 Å². The lowest BCUT2D eigenvalue weighted by Crippen LogP contribution is -2.21. The molecule has 1 saturated carbocycles. The Morgan fingerprint density at radius 3 is 2.93 bits per heavy atom. The van der Waals surface area contributed by atoms with Gasteiger partial charge in [-0.15, -0.1) is 0 Å². The number of benzene rings is 1. The Bertz CT molecular complexity index is 555. The number of hydrogen-bond donors (Lipinski definition) is 0. The molecular formula is C12H12N2O. The summed E-state index contributed by atoms with van der Waals surface area (Å²) in [7, 11) is 0. The lowest BCUT2D eigenvalue weighted by atomic mass is 10.3. The van der Waals surface area contributed by atoms with Crippen LogP contribution in [0.2, 0.25) is 0 Å². The van der Waals surface area contributed by atoms with Crippen molar-refractivity contribution < 1.29 is 0 Å². The molecule has 3 nitrogen and oxygen atoms in total. The molecule has 1 aromatic heterocycles. The molecule has 0 unspecified atom stereocenters. The number of rotatable bonds is 2. The van der Waals surface area contributed by atoms with Crippen LogP contribution in [-0.2, 0) is 6.54 Å². The summed E-state index contributed by atoms with van der Waals surface area (Å²) in [6, 6.07) is 7.80. The minimum Gasteiger partial charge on any atom is -0.305 e. The number of aromatic nitrogens is 2. The van der Waals surface area contributed by atoms with Crippen molar-refractivity contribution in [2.75, 3.05) is 0 Å². The van der Waals surface area contributed by atoms with E-state index < -0.39 is 0 Å². The molecule has 1 aliphatic carbocycles. The van der Waals surface area contributed by atoms with Gasteiger partial charge in [0.05, 0.1) is 17.2 Å². The maximum atomic E-state index is 11.7. The minimum absolute atomic E-state index is 0.0144. The highest BCUT2D eigenvalue weighted by Crippen LogP contribution is 2.30. The van der Waals surface area contributed by atoms with E-state index in [-0.39, 0.29) is 5.56 Å². The van der Waals surface area contributed by atoms with Gasteiger partial charge in [0.25, 0.3) is 5.56 Å². The zero-order valence-corrected chi connectivity index (χ0v) is 8.39. The summed E-state index contributed by atoms with van der Waals surface area (Å²) in [6.45, 7) is 0.849. The molecule has 0 amide bonds. The van der Waals surface area contributed by atoms with Crippen molar-refractivity contribution in [3.05, 3.63) is 40.8 Å². The van der Waals surface area contributed by atoms with E-state index in [9.17, 15) is 4.79 Å². The molecule has 1 aromatic carbocycles. The Labute approximate surface area is 87.4 Å². The van der Waals surface area contributed by atoms with E-state index in [0.717, 1.165) is 17.6 Å². The average Bonchev–Trinajstić information content (AvgIpc) is 3.06. The molecule has 1 fully saturated rings. The van der Waals surface area contributed by atoms with Gasteiger partial charge in [-0.05, 0) is 30.9 Å². The van der Waals surface area contributed by atoms with Gasteiger partial charge < -0.3 is 4.57 Å². The third-order valence-corrected chi connectivity index (χ3v) is 2.89. The van der Waals surface area contributed by atoms with E-state index in [0.29, 0.717) is 5.92 Å². The smallest absolute Gasteiger partial charge is 0.269 e. The molecule has 0 radical (unpaired) electrons. The summed E-state index contributed by atoms with van der Waals surface area (Å²) < 4.78 is 1.85. The Morgan fingerprint density at radius 1 is 1.33 bits per heavy atom. The zero-order chi connectivity index (χ0) is 10.3. The number of para-hydroxylation sites is 2. The summed E-state index contributed by atoms with van der Waals surface area (Å²) in [6.07, 6.45) is 3.93. The third kappa shape index (κ3) is 1.54. The van der Waals surface area contributed by atoms with Crippen molar-refractivity contribution in [1.82, 2.24) is 9.55 Å². The lowest BCUT2D eigenvalue weighted by Gasteiger charge is -2.07. The van der Waals surface area contributed by atoms with E-state index in [1.54, 1.807) is 0 Å². The van der Waals surface area contributed by atoms with E-state index >= 15 is 0 Å². The molecule has 3 heteroatoms. The average molecular weight is 200 g/mol. The highest BCUT2D eigenvalue weighted by Gasteiger charge is 2.22. The Balaban J connectivity index is 2.22. The van der Waals surface area contributed by atoms with Crippen molar-refractivity contribution in [2.24, 2.45) is 5.92 Å². The van der Waals surface area contributed by atoms with Gasteiger partial charge in [0.2, 0.25) is 0 Å². The molecule has 1 heterocycles. The normalized spacial score (nSPS) is 15.7. The van der Waals surface area contributed by atoms with Crippen LogP contribution in [0, 0.1) is 5.92 Å². The second-order valence-corrected chi connectivity index (χ2v) is 4.14. The molecule has 1 aliphatic rings. The quantitative estimate of drug-likeness (QED) is 0.741. The van der Waals surface area contributed by atoms with Crippen LogP contribution >= 0.6 is 0 Å². The summed E-state index contributed by atoms with van der Waals surface area (Å²) >= 11 is 0. The topological polar surface area (TPSA) is 34.9 Å². The van der Waals surface area contributed by atoms with Crippen molar-refractivity contribution >= 4 is 11.0 Å². The molecule has 15 heavy (non-hydrogen) atoms. The monoisotopic (exact) mass is 200 g/mol. The van der Waals surface area contributed by atoms with Gasteiger partial charge in [-0.25, -0.2) is 4.98 Å². The Kier molecular flexibility index (Phi) is 1.84. The standard InChI is InChI=1S/C12H12N2O/c15-12-7-13-10-3-1-2-4-11(10)14(12)8-9-5-6-9/h1-4,7,9H,5-6,8H2. The fraction of sp³-hybridized carbons (Fsp3) is 0.333.